The highest BCUT2D eigenvalue weighted by Crippen LogP contribution is 2.46. The minimum Gasteiger partial charge on any atom is -0.492 e. The van der Waals surface area contributed by atoms with Gasteiger partial charge in [-0.2, -0.15) is 0 Å². The largest absolute Gasteiger partial charge is 0.492 e. The van der Waals surface area contributed by atoms with E-state index in [4.69, 9.17) is 14.6 Å². The normalized spacial score (nSPS) is 18.5. The van der Waals surface area contributed by atoms with Crippen molar-refractivity contribution < 1.29 is 24.2 Å². The first-order valence-electron chi connectivity index (χ1n) is 11.5. The number of nitrogens with zero attached hydrogens (tertiary/aromatic N) is 1. The molecule has 2 aromatic rings. The second-order valence-electron chi connectivity index (χ2n) is 9.15. The van der Waals surface area contributed by atoms with E-state index in [1.807, 2.05) is 50.4 Å². The number of nitrogens with one attached hydrogen (secondary N) is 1. The molecule has 0 radical (unpaired) electrons. The van der Waals surface area contributed by atoms with Crippen LogP contribution >= 0.6 is 0 Å². The third kappa shape index (κ3) is 5.04. The highest BCUT2D eigenvalue weighted by atomic mass is 16.5. The van der Waals surface area contributed by atoms with Gasteiger partial charge in [0.05, 0.1) is 11.1 Å². The molecule has 2 fully saturated rings. The zero-order valence-electron chi connectivity index (χ0n) is 19.3. The summed E-state index contributed by atoms with van der Waals surface area (Å²) in [5, 5.41) is 12.5. The number of hydrogen-bond donors (Lipinski definition) is 2. The molecule has 1 aliphatic carbocycles. The maximum Gasteiger partial charge on any atom is 0.335 e. The molecule has 0 atom stereocenters. The number of likely N-dealkylation sites (N-methyl/N-ethyl adjacent to an activating group) is 1. The summed E-state index contributed by atoms with van der Waals surface area (Å²) in [5.41, 5.74) is 1.26. The predicted octanol–water partition coefficient (Wildman–Crippen LogP) is 3.36. The lowest BCUT2D eigenvalue weighted by molar-refractivity contribution is -0.140. The van der Waals surface area contributed by atoms with Crippen molar-refractivity contribution in [2.45, 2.75) is 43.7 Å². The van der Waals surface area contributed by atoms with Gasteiger partial charge in [0.15, 0.2) is 0 Å². The van der Waals surface area contributed by atoms with Gasteiger partial charge in [0.25, 0.3) is 0 Å². The molecule has 33 heavy (non-hydrogen) atoms. The Hall–Kier alpha value is -2.90. The number of carboxylic acids is 1. The Bertz CT molecular complexity index is 994. The highest BCUT2D eigenvalue weighted by Gasteiger charge is 2.51. The number of carboxylic acid groups (broad SMARTS) is 1. The first-order valence-corrected chi connectivity index (χ1v) is 11.5. The Balaban J connectivity index is 1.44. The molecule has 4 rings (SSSR count). The van der Waals surface area contributed by atoms with Crippen LogP contribution in [0, 0.1) is 6.92 Å². The molecule has 176 valence electrons. The van der Waals surface area contributed by atoms with Crippen molar-refractivity contribution in [3.63, 3.8) is 0 Å². The first kappa shape index (κ1) is 23.3. The lowest BCUT2D eigenvalue weighted by Gasteiger charge is -2.43. The Kier molecular flexibility index (Phi) is 6.72. The summed E-state index contributed by atoms with van der Waals surface area (Å²) in [6, 6.07) is 14.8. The summed E-state index contributed by atoms with van der Waals surface area (Å²) in [6.45, 7) is 4.20. The topological polar surface area (TPSA) is 88.1 Å². The van der Waals surface area contributed by atoms with Crippen LogP contribution in [0.15, 0.2) is 48.5 Å². The minimum absolute atomic E-state index is 0.00340. The van der Waals surface area contributed by atoms with Gasteiger partial charge < -0.3 is 19.9 Å². The van der Waals surface area contributed by atoms with E-state index in [2.05, 4.69) is 10.2 Å². The van der Waals surface area contributed by atoms with Crippen LogP contribution in [0.3, 0.4) is 0 Å². The van der Waals surface area contributed by atoms with Gasteiger partial charge in [0.2, 0.25) is 5.91 Å². The van der Waals surface area contributed by atoms with Crippen LogP contribution in [0.4, 0.5) is 0 Å². The van der Waals surface area contributed by atoms with Crippen molar-refractivity contribution in [2.24, 2.45) is 0 Å². The number of ether oxygens (including phenoxy) is 2. The van der Waals surface area contributed by atoms with Gasteiger partial charge in [0, 0.05) is 19.8 Å². The van der Waals surface area contributed by atoms with E-state index in [1.54, 1.807) is 12.1 Å². The second-order valence-corrected chi connectivity index (χ2v) is 9.15. The zero-order chi connectivity index (χ0) is 23.5. The number of aromatic carboxylic acids is 1. The van der Waals surface area contributed by atoms with Crippen molar-refractivity contribution in [3.05, 3.63) is 65.2 Å². The summed E-state index contributed by atoms with van der Waals surface area (Å²) in [6.07, 6.45) is 2.93. The molecule has 7 heteroatoms. The van der Waals surface area contributed by atoms with Crippen molar-refractivity contribution in [1.29, 1.82) is 0 Å². The number of carbonyl (C=O) groups is 2. The summed E-state index contributed by atoms with van der Waals surface area (Å²) in [7, 11) is 1.98. The number of carbonyl (C=O) groups excluding carboxylic acids is 1. The summed E-state index contributed by atoms with van der Waals surface area (Å²) in [4.78, 5) is 27.0. The Labute approximate surface area is 194 Å². The van der Waals surface area contributed by atoms with Gasteiger partial charge >= 0.3 is 5.97 Å². The van der Waals surface area contributed by atoms with E-state index < -0.39 is 17.0 Å². The summed E-state index contributed by atoms with van der Waals surface area (Å²) < 4.78 is 11.5. The standard InChI is InChI=1S/C26H32N2O5/c1-19-4-3-5-22(18-19)33-17-14-28(2)26(12-15-32-16-13-26)24(31)27-25(10-11-25)21-8-6-20(7-9-21)23(29)30/h3-9,18H,10-17H2,1-2H3,(H,27,31)(H,29,30). The van der Waals surface area contributed by atoms with Gasteiger partial charge in [-0.1, -0.05) is 24.3 Å². The molecule has 0 aromatic heterocycles. The zero-order valence-corrected chi connectivity index (χ0v) is 19.3. The lowest BCUT2D eigenvalue weighted by Crippen LogP contribution is -2.62. The van der Waals surface area contributed by atoms with E-state index in [9.17, 15) is 9.59 Å². The molecule has 2 aliphatic rings. The molecule has 1 heterocycles. The van der Waals surface area contributed by atoms with Gasteiger partial charge in [0.1, 0.15) is 17.9 Å². The van der Waals surface area contributed by atoms with Crippen LogP contribution in [-0.4, -0.2) is 60.8 Å². The first-order chi connectivity index (χ1) is 15.8. The maximum absolute atomic E-state index is 13.7. The fourth-order valence-electron chi connectivity index (χ4n) is 4.59. The molecule has 1 saturated carbocycles. The summed E-state index contributed by atoms with van der Waals surface area (Å²) >= 11 is 0. The highest BCUT2D eigenvalue weighted by molar-refractivity contribution is 5.88. The fourth-order valence-corrected chi connectivity index (χ4v) is 4.59. The van der Waals surface area contributed by atoms with Gasteiger partial charge in [-0.25, -0.2) is 4.79 Å². The summed E-state index contributed by atoms with van der Waals surface area (Å²) in [5.74, 6) is -0.120. The van der Waals surface area contributed by atoms with Crippen molar-refractivity contribution >= 4 is 11.9 Å². The maximum atomic E-state index is 13.7. The van der Waals surface area contributed by atoms with Crippen LogP contribution in [-0.2, 0) is 15.1 Å². The Morgan fingerprint density at radius 3 is 2.39 bits per heavy atom. The van der Waals surface area contributed by atoms with Crippen LogP contribution < -0.4 is 10.1 Å². The van der Waals surface area contributed by atoms with Gasteiger partial charge in [-0.3, -0.25) is 9.69 Å². The van der Waals surface area contributed by atoms with E-state index in [0.29, 0.717) is 39.2 Å². The smallest absolute Gasteiger partial charge is 0.335 e. The van der Waals surface area contributed by atoms with Gasteiger partial charge in [-0.05, 0) is 75.0 Å². The van der Waals surface area contributed by atoms with Crippen molar-refractivity contribution in [3.8, 4) is 5.75 Å². The average molecular weight is 453 g/mol. The molecular weight excluding hydrogens is 420 g/mol. The number of benzene rings is 2. The third-order valence-corrected chi connectivity index (χ3v) is 6.95. The third-order valence-electron chi connectivity index (χ3n) is 6.95. The molecular formula is C26H32N2O5. The van der Waals surface area contributed by atoms with Crippen molar-refractivity contribution in [1.82, 2.24) is 10.2 Å². The lowest BCUT2D eigenvalue weighted by atomic mass is 9.86. The Morgan fingerprint density at radius 2 is 1.79 bits per heavy atom. The monoisotopic (exact) mass is 452 g/mol. The number of rotatable bonds is 9. The van der Waals surface area contributed by atoms with E-state index in [0.717, 1.165) is 29.7 Å². The number of aryl methyl sites for hydroxylation is 1. The molecule has 2 N–H and O–H groups in total. The SMILES string of the molecule is Cc1cccc(OCCN(C)C2(C(=O)NC3(c4ccc(C(=O)O)cc4)CC3)CCOCC2)c1. The molecule has 1 aliphatic heterocycles. The van der Waals surface area contributed by atoms with Crippen LogP contribution in [0.5, 0.6) is 5.75 Å². The van der Waals surface area contributed by atoms with Crippen LogP contribution in [0.2, 0.25) is 0 Å². The van der Waals surface area contributed by atoms with Gasteiger partial charge in [-0.15, -0.1) is 0 Å². The van der Waals surface area contributed by atoms with Crippen LogP contribution in [0.1, 0.15) is 47.2 Å². The number of hydrogen-bond acceptors (Lipinski definition) is 5. The molecule has 2 aromatic carbocycles. The van der Waals surface area contributed by atoms with Crippen LogP contribution in [0.25, 0.3) is 0 Å². The molecule has 1 amide bonds. The van der Waals surface area contributed by atoms with E-state index in [-0.39, 0.29) is 11.5 Å². The molecule has 0 spiro atoms. The molecule has 0 bridgehead atoms. The quantitative estimate of drug-likeness (QED) is 0.607. The van der Waals surface area contributed by atoms with Crippen molar-refractivity contribution in [2.75, 3.05) is 33.4 Å². The minimum atomic E-state index is -0.953. The predicted molar refractivity (Wildman–Crippen MR) is 125 cm³/mol. The van der Waals surface area contributed by atoms with E-state index in [1.165, 1.54) is 0 Å². The molecule has 1 saturated heterocycles. The molecule has 0 unspecified atom stereocenters. The Morgan fingerprint density at radius 1 is 1.09 bits per heavy atom. The molecule has 7 nitrogen and oxygen atoms in total. The number of amides is 1. The fraction of sp³-hybridized carbons (Fsp3) is 0.462. The second kappa shape index (κ2) is 9.53. The average Bonchev–Trinajstić information content (AvgIpc) is 3.60. The van der Waals surface area contributed by atoms with E-state index >= 15 is 0 Å².